The molecular formula is C28H25F2N5O3. The van der Waals surface area contributed by atoms with Crippen molar-refractivity contribution >= 4 is 16.7 Å². The number of carbonyl (C=O) groups excluding carboxylic acids is 1. The van der Waals surface area contributed by atoms with Crippen LogP contribution in [0.5, 0.6) is 5.75 Å². The fraction of sp³-hybridized carbons (Fsp3) is 0.250. The Bertz CT molecular complexity index is 1610. The summed E-state index contributed by atoms with van der Waals surface area (Å²) in [6, 6.07) is 6.96. The van der Waals surface area contributed by atoms with E-state index in [4.69, 9.17) is 10.5 Å². The molecule has 0 spiro atoms. The molecule has 0 aliphatic carbocycles. The monoisotopic (exact) mass is 517 g/mol. The third kappa shape index (κ3) is 6.25. The Morgan fingerprint density at radius 1 is 1.16 bits per heavy atom. The van der Waals surface area contributed by atoms with Gasteiger partial charge in [-0.2, -0.15) is 0 Å². The van der Waals surface area contributed by atoms with Crippen LogP contribution in [0.3, 0.4) is 0 Å². The van der Waals surface area contributed by atoms with Gasteiger partial charge in [0.1, 0.15) is 29.3 Å². The predicted molar refractivity (Wildman–Crippen MR) is 138 cm³/mol. The Balaban J connectivity index is 1.47. The van der Waals surface area contributed by atoms with E-state index >= 15 is 0 Å². The number of benzene rings is 2. The van der Waals surface area contributed by atoms with Crippen molar-refractivity contribution in [2.24, 2.45) is 5.73 Å². The first-order valence-electron chi connectivity index (χ1n) is 12.0. The van der Waals surface area contributed by atoms with Gasteiger partial charge in [-0.3, -0.25) is 14.2 Å². The first kappa shape index (κ1) is 26.6. The molecule has 0 radical (unpaired) electrons. The van der Waals surface area contributed by atoms with Crippen molar-refractivity contribution in [2.45, 2.75) is 32.7 Å². The number of halogens is 2. The second kappa shape index (κ2) is 12.2. The summed E-state index contributed by atoms with van der Waals surface area (Å²) in [6.07, 6.45) is 5.07. The normalized spacial score (nSPS) is 10.7. The number of carbonyl (C=O) groups is 1. The van der Waals surface area contributed by atoms with Crippen molar-refractivity contribution in [3.8, 4) is 17.6 Å². The van der Waals surface area contributed by atoms with Crippen molar-refractivity contribution in [1.82, 2.24) is 19.5 Å². The molecule has 2 heterocycles. The van der Waals surface area contributed by atoms with E-state index in [9.17, 15) is 18.4 Å². The highest BCUT2D eigenvalue weighted by atomic mass is 19.2. The van der Waals surface area contributed by atoms with Crippen LogP contribution in [0.1, 0.15) is 47.1 Å². The number of hydrogen-bond acceptors (Lipinski definition) is 7. The zero-order chi connectivity index (χ0) is 27.1. The SMILES string of the molecule is CCc1ncc2cc(C#CCCC(=O)c3cncn(Cc4ccc(F)c(F)c4)c3=O)cc(OCCN)c2n1. The van der Waals surface area contributed by atoms with Crippen LogP contribution in [0.25, 0.3) is 10.9 Å². The van der Waals surface area contributed by atoms with Crippen molar-refractivity contribution in [2.75, 3.05) is 13.2 Å². The highest BCUT2D eigenvalue weighted by Crippen LogP contribution is 2.25. The van der Waals surface area contributed by atoms with Crippen LogP contribution in [0.2, 0.25) is 0 Å². The van der Waals surface area contributed by atoms with E-state index in [-0.39, 0.29) is 24.9 Å². The third-order valence-electron chi connectivity index (χ3n) is 5.64. The summed E-state index contributed by atoms with van der Waals surface area (Å²) in [5, 5.41) is 0.772. The van der Waals surface area contributed by atoms with Gasteiger partial charge in [-0.15, -0.1) is 0 Å². The summed E-state index contributed by atoms with van der Waals surface area (Å²) in [6.45, 7) is 2.59. The first-order valence-corrected chi connectivity index (χ1v) is 12.0. The average molecular weight is 518 g/mol. The van der Waals surface area contributed by atoms with Gasteiger partial charge in [0.05, 0.1) is 12.9 Å². The number of nitrogens with two attached hydrogens (primary N) is 1. The fourth-order valence-corrected chi connectivity index (χ4v) is 3.74. The van der Waals surface area contributed by atoms with E-state index in [1.807, 2.05) is 13.0 Å². The maximum Gasteiger partial charge on any atom is 0.264 e. The summed E-state index contributed by atoms with van der Waals surface area (Å²) in [5.41, 5.74) is 6.64. The molecule has 8 nitrogen and oxygen atoms in total. The van der Waals surface area contributed by atoms with E-state index in [2.05, 4.69) is 26.8 Å². The molecule has 194 valence electrons. The summed E-state index contributed by atoms with van der Waals surface area (Å²) in [4.78, 5) is 38.3. The molecule has 2 aromatic carbocycles. The van der Waals surface area contributed by atoms with E-state index < -0.39 is 23.0 Å². The Kier molecular flexibility index (Phi) is 8.51. The number of aromatic nitrogens is 4. The van der Waals surface area contributed by atoms with Crippen LogP contribution in [0.4, 0.5) is 8.78 Å². The van der Waals surface area contributed by atoms with E-state index in [1.54, 1.807) is 12.3 Å². The Morgan fingerprint density at radius 2 is 2.00 bits per heavy atom. The summed E-state index contributed by atoms with van der Waals surface area (Å²) in [7, 11) is 0. The predicted octanol–water partition coefficient (Wildman–Crippen LogP) is 3.43. The van der Waals surface area contributed by atoms with E-state index in [1.165, 1.54) is 23.2 Å². The van der Waals surface area contributed by atoms with Gasteiger partial charge < -0.3 is 10.5 Å². The highest BCUT2D eigenvalue weighted by molar-refractivity contribution is 5.95. The van der Waals surface area contributed by atoms with Gasteiger partial charge in [0.15, 0.2) is 17.4 Å². The van der Waals surface area contributed by atoms with Crippen LogP contribution in [-0.2, 0) is 13.0 Å². The smallest absolute Gasteiger partial charge is 0.264 e. The number of ketones is 1. The lowest BCUT2D eigenvalue weighted by atomic mass is 10.1. The zero-order valence-corrected chi connectivity index (χ0v) is 20.7. The minimum Gasteiger partial charge on any atom is -0.490 e. The molecule has 0 amide bonds. The van der Waals surface area contributed by atoms with Crippen molar-refractivity contribution in [1.29, 1.82) is 0 Å². The lowest BCUT2D eigenvalue weighted by Gasteiger charge is -2.09. The van der Waals surface area contributed by atoms with Gasteiger partial charge in [-0.1, -0.05) is 24.8 Å². The zero-order valence-electron chi connectivity index (χ0n) is 20.7. The van der Waals surface area contributed by atoms with Crippen molar-refractivity contribution < 1.29 is 18.3 Å². The molecular weight excluding hydrogens is 492 g/mol. The molecule has 0 atom stereocenters. The van der Waals surface area contributed by atoms with Gasteiger partial charge in [-0.25, -0.2) is 23.7 Å². The minimum atomic E-state index is -1.02. The first-order chi connectivity index (χ1) is 18.4. The Morgan fingerprint density at radius 3 is 2.76 bits per heavy atom. The Hall–Kier alpha value is -4.49. The molecule has 0 unspecified atom stereocenters. The van der Waals surface area contributed by atoms with Gasteiger partial charge in [-0.05, 0) is 29.8 Å². The molecule has 4 rings (SSSR count). The lowest BCUT2D eigenvalue weighted by molar-refractivity contribution is 0.0982. The molecule has 4 aromatic rings. The molecule has 0 bridgehead atoms. The molecule has 0 saturated carbocycles. The third-order valence-corrected chi connectivity index (χ3v) is 5.64. The van der Waals surface area contributed by atoms with Crippen molar-refractivity contribution in [3.05, 3.63) is 93.6 Å². The summed E-state index contributed by atoms with van der Waals surface area (Å²) >= 11 is 0. The minimum absolute atomic E-state index is 0.00614. The van der Waals surface area contributed by atoms with E-state index in [0.29, 0.717) is 47.8 Å². The summed E-state index contributed by atoms with van der Waals surface area (Å²) in [5.74, 6) is 4.83. The van der Waals surface area contributed by atoms with Gasteiger partial charge in [0.25, 0.3) is 5.56 Å². The van der Waals surface area contributed by atoms with Gasteiger partial charge in [0.2, 0.25) is 0 Å². The molecule has 10 heteroatoms. The van der Waals surface area contributed by atoms with Crippen LogP contribution in [0.15, 0.2) is 53.8 Å². The van der Waals surface area contributed by atoms with Gasteiger partial charge >= 0.3 is 0 Å². The molecule has 2 aromatic heterocycles. The molecule has 0 aliphatic rings. The topological polar surface area (TPSA) is 113 Å². The number of ether oxygens (including phenoxy) is 1. The average Bonchev–Trinajstić information content (AvgIpc) is 2.92. The number of hydrogen-bond donors (Lipinski definition) is 1. The Labute approximate surface area is 217 Å². The van der Waals surface area contributed by atoms with Gasteiger partial charge in [0, 0.05) is 49.2 Å². The number of aryl methyl sites for hydroxylation is 1. The molecule has 38 heavy (non-hydrogen) atoms. The van der Waals surface area contributed by atoms with E-state index in [0.717, 1.165) is 17.5 Å². The molecule has 0 fully saturated rings. The van der Waals surface area contributed by atoms with Crippen LogP contribution in [0, 0.1) is 23.5 Å². The maximum absolute atomic E-state index is 13.5. The molecule has 2 N–H and O–H groups in total. The highest BCUT2D eigenvalue weighted by Gasteiger charge is 2.13. The standard InChI is InChI=1S/C28H25F2N5O3/c1-2-26-33-14-20-11-18(13-25(27(20)34-26)38-10-9-31)5-3-4-6-24(36)21-15-32-17-35(28(21)37)16-19-7-8-22(29)23(30)12-19/h7-8,11-15,17H,2,4,6,9-10,16,31H2,1H3. The van der Waals surface area contributed by atoms with Crippen LogP contribution < -0.4 is 16.0 Å². The van der Waals surface area contributed by atoms with Crippen LogP contribution in [-0.4, -0.2) is 38.5 Å². The summed E-state index contributed by atoms with van der Waals surface area (Å²) < 4.78 is 33.6. The number of rotatable bonds is 9. The maximum atomic E-state index is 13.5. The largest absolute Gasteiger partial charge is 0.490 e. The second-order valence-corrected chi connectivity index (χ2v) is 8.40. The quantitative estimate of drug-likeness (QED) is 0.267. The second-order valence-electron chi connectivity index (χ2n) is 8.40. The number of Topliss-reactive ketones (excluding diaryl/α,β-unsaturated/α-hetero) is 1. The van der Waals surface area contributed by atoms with Crippen LogP contribution >= 0.6 is 0 Å². The number of nitrogens with zero attached hydrogens (tertiary/aromatic N) is 4. The van der Waals surface area contributed by atoms with Crippen molar-refractivity contribution in [3.63, 3.8) is 0 Å². The molecule has 0 saturated heterocycles. The lowest BCUT2D eigenvalue weighted by Crippen LogP contribution is -2.27. The number of fused-ring (bicyclic) bond motifs is 1. The molecule has 0 aliphatic heterocycles. The fourth-order valence-electron chi connectivity index (χ4n) is 3.74.